The number of aromatic amines is 1. The highest BCUT2D eigenvalue weighted by Gasteiger charge is 2.17. The maximum atomic E-state index is 13.1. The number of imidazole rings is 1. The zero-order valence-corrected chi connectivity index (χ0v) is 19.2. The number of terminal acetylenes is 1. The molecule has 0 amide bonds. The number of hydrogen-bond donors (Lipinski definition) is 2. The molecule has 2 N–H and O–H groups in total. The minimum atomic E-state index is -0.184. The molecule has 0 spiro atoms. The third kappa shape index (κ3) is 4.11. The lowest BCUT2D eigenvalue weighted by Crippen LogP contribution is -2.44. The lowest BCUT2D eigenvalue weighted by Gasteiger charge is -2.34. The summed E-state index contributed by atoms with van der Waals surface area (Å²) < 4.78 is 1.60. The largest absolute Gasteiger partial charge is 0.369 e. The first-order chi connectivity index (χ1) is 16.5. The van der Waals surface area contributed by atoms with E-state index in [4.69, 9.17) is 6.42 Å². The van der Waals surface area contributed by atoms with Crippen molar-refractivity contribution in [1.82, 2.24) is 29.4 Å². The Balaban J connectivity index is 1.47. The Hall–Kier alpha value is -4.16. The number of nitrogens with one attached hydrogen (secondary N) is 2. The summed E-state index contributed by atoms with van der Waals surface area (Å²) >= 11 is 0. The van der Waals surface area contributed by atoms with Gasteiger partial charge in [0.2, 0.25) is 5.95 Å². The lowest BCUT2D eigenvalue weighted by molar-refractivity contribution is 0.313. The van der Waals surface area contributed by atoms with Crippen LogP contribution in [-0.4, -0.2) is 62.6 Å². The zero-order chi connectivity index (χ0) is 23.7. The van der Waals surface area contributed by atoms with E-state index in [-0.39, 0.29) is 5.56 Å². The standard InChI is InChI=1S/C25H26N8O/c1-4-21-17(2)24(34)33(15-19-13-26-16-28-19)23-22(21)14-27-25(30-23)29-18-5-7-20(8-6-18)32-11-9-31(3)10-12-32/h1,5-8,13-14,16H,9-12,15H2,2-3H3,(H,26,28)(H,27,29,30). The van der Waals surface area contributed by atoms with Crippen LogP contribution in [0.25, 0.3) is 11.0 Å². The maximum absolute atomic E-state index is 13.1. The molecule has 0 saturated carbocycles. The van der Waals surface area contributed by atoms with E-state index in [1.807, 2.05) is 12.1 Å². The molecule has 5 rings (SSSR count). The number of rotatable bonds is 5. The molecule has 4 aromatic rings. The number of H-pyrrole nitrogens is 1. The predicted molar refractivity (Wildman–Crippen MR) is 134 cm³/mol. The van der Waals surface area contributed by atoms with Crippen LogP contribution in [0.4, 0.5) is 17.3 Å². The van der Waals surface area contributed by atoms with Crippen LogP contribution in [0.15, 0.2) is 47.8 Å². The van der Waals surface area contributed by atoms with Gasteiger partial charge in [-0.25, -0.2) is 9.97 Å². The van der Waals surface area contributed by atoms with Gasteiger partial charge in [-0.3, -0.25) is 9.36 Å². The summed E-state index contributed by atoms with van der Waals surface area (Å²) in [6, 6.07) is 8.23. The number of likely N-dealkylation sites (N-methyl/N-ethyl adjacent to an activating group) is 1. The van der Waals surface area contributed by atoms with Crippen LogP contribution < -0.4 is 15.8 Å². The molecule has 1 aliphatic heterocycles. The minimum absolute atomic E-state index is 0.184. The Morgan fingerprint density at radius 2 is 1.91 bits per heavy atom. The molecule has 1 saturated heterocycles. The highest BCUT2D eigenvalue weighted by molar-refractivity contribution is 5.84. The van der Waals surface area contributed by atoms with Gasteiger partial charge in [0.15, 0.2) is 0 Å². The number of anilines is 3. The quantitative estimate of drug-likeness (QED) is 0.447. The summed E-state index contributed by atoms with van der Waals surface area (Å²) in [6.45, 7) is 6.18. The van der Waals surface area contributed by atoms with Gasteiger partial charge in [-0.2, -0.15) is 4.98 Å². The Kier molecular flexibility index (Phi) is 5.74. The third-order valence-corrected chi connectivity index (χ3v) is 6.25. The summed E-state index contributed by atoms with van der Waals surface area (Å²) in [7, 11) is 2.15. The van der Waals surface area contributed by atoms with Crippen LogP contribution in [0.5, 0.6) is 0 Å². The molecule has 0 atom stereocenters. The molecule has 1 aliphatic rings. The number of benzene rings is 1. The van der Waals surface area contributed by atoms with E-state index in [0.717, 1.165) is 37.6 Å². The van der Waals surface area contributed by atoms with Crippen molar-refractivity contribution in [2.24, 2.45) is 0 Å². The van der Waals surface area contributed by atoms with Gasteiger partial charge in [-0.1, -0.05) is 5.92 Å². The second-order valence-electron chi connectivity index (χ2n) is 8.51. The van der Waals surface area contributed by atoms with Crippen LogP contribution in [0.3, 0.4) is 0 Å². The number of fused-ring (bicyclic) bond motifs is 1. The van der Waals surface area contributed by atoms with E-state index in [9.17, 15) is 4.79 Å². The molecule has 9 heteroatoms. The van der Waals surface area contributed by atoms with Gasteiger partial charge in [0.05, 0.1) is 24.0 Å². The Bertz CT molecular complexity index is 1410. The average Bonchev–Trinajstić information content (AvgIpc) is 3.37. The van der Waals surface area contributed by atoms with Gasteiger partial charge >= 0.3 is 0 Å². The van der Waals surface area contributed by atoms with Gasteiger partial charge in [-0.15, -0.1) is 6.42 Å². The van der Waals surface area contributed by atoms with Crippen molar-refractivity contribution in [3.8, 4) is 12.3 Å². The van der Waals surface area contributed by atoms with Gasteiger partial charge < -0.3 is 20.1 Å². The minimum Gasteiger partial charge on any atom is -0.369 e. The van der Waals surface area contributed by atoms with Crippen LogP contribution in [-0.2, 0) is 6.54 Å². The van der Waals surface area contributed by atoms with Gasteiger partial charge in [0.1, 0.15) is 5.65 Å². The monoisotopic (exact) mass is 454 g/mol. The number of piperazine rings is 1. The third-order valence-electron chi connectivity index (χ3n) is 6.25. The first-order valence-corrected chi connectivity index (χ1v) is 11.2. The summed E-state index contributed by atoms with van der Waals surface area (Å²) in [5.74, 6) is 3.03. The van der Waals surface area contributed by atoms with Crippen LogP contribution in [0.1, 0.15) is 16.8 Å². The maximum Gasteiger partial charge on any atom is 0.256 e. The van der Waals surface area contributed by atoms with E-state index in [1.54, 1.807) is 30.2 Å². The zero-order valence-electron chi connectivity index (χ0n) is 19.2. The molecule has 1 aromatic carbocycles. The fraction of sp³-hybridized carbons (Fsp3) is 0.280. The first kappa shape index (κ1) is 21.7. The van der Waals surface area contributed by atoms with Crippen molar-refractivity contribution < 1.29 is 0 Å². The fourth-order valence-electron chi connectivity index (χ4n) is 4.25. The van der Waals surface area contributed by atoms with Gasteiger partial charge in [0.25, 0.3) is 5.56 Å². The molecular weight excluding hydrogens is 428 g/mol. The highest BCUT2D eigenvalue weighted by atomic mass is 16.1. The van der Waals surface area contributed by atoms with Crippen molar-refractivity contribution in [1.29, 1.82) is 0 Å². The Morgan fingerprint density at radius 1 is 1.15 bits per heavy atom. The molecule has 0 aliphatic carbocycles. The van der Waals surface area contributed by atoms with Crippen molar-refractivity contribution in [2.45, 2.75) is 13.5 Å². The van der Waals surface area contributed by atoms with Crippen LogP contribution >= 0.6 is 0 Å². The molecule has 9 nitrogen and oxygen atoms in total. The van der Waals surface area contributed by atoms with E-state index in [1.165, 1.54) is 5.69 Å². The molecule has 1 fully saturated rings. The van der Waals surface area contributed by atoms with Crippen molar-refractivity contribution in [3.63, 3.8) is 0 Å². The van der Waals surface area contributed by atoms with E-state index < -0.39 is 0 Å². The fourth-order valence-corrected chi connectivity index (χ4v) is 4.25. The second-order valence-corrected chi connectivity index (χ2v) is 8.51. The summed E-state index contributed by atoms with van der Waals surface area (Å²) in [6.07, 6.45) is 10.7. The molecule has 4 heterocycles. The van der Waals surface area contributed by atoms with Crippen molar-refractivity contribution in [3.05, 3.63) is 70.2 Å². The number of aromatic nitrogens is 5. The molecule has 0 unspecified atom stereocenters. The Labute approximate surface area is 197 Å². The van der Waals surface area contributed by atoms with Crippen LogP contribution in [0, 0.1) is 19.3 Å². The molecule has 0 bridgehead atoms. The second kappa shape index (κ2) is 9.00. The summed E-state index contributed by atoms with van der Waals surface area (Å²) in [5, 5.41) is 3.92. The topological polar surface area (TPSA) is 95.0 Å². The first-order valence-electron chi connectivity index (χ1n) is 11.2. The molecule has 3 aromatic heterocycles. The summed E-state index contributed by atoms with van der Waals surface area (Å²) in [4.78, 5) is 34.1. The lowest BCUT2D eigenvalue weighted by atomic mass is 10.1. The number of hydrogen-bond acceptors (Lipinski definition) is 7. The number of pyridine rings is 1. The SMILES string of the molecule is C#Cc1c(C)c(=O)n(Cc2cnc[nH]2)c2nc(Nc3ccc(N4CCN(C)CC4)cc3)ncc12. The smallest absolute Gasteiger partial charge is 0.256 e. The van der Waals surface area contributed by atoms with Gasteiger partial charge in [-0.05, 0) is 38.2 Å². The molecule has 172 valence electrons. The molecular formula is C25H26N8O. The predicted octanol–water partition coefficient (Wildman–Crippen LogP) is 2.35. The Morgan fingerprint density at radius 3 is 2.59 bits per heavy atom. The molecule has 34 heavy (non-hydrogen) atoms. The van der Waals surface area contributed by atoms with Crippen molar-refractivity contribution in [2.75, 3.05) is 43.4 Å². The van der Waals surface area contributed by atoms with E-state index in [2.05, 4.69) is 60.2 Å². The van der Waals surface area contributed by atoms with Gasteiger partial charge in [0, 0.05) is 61.1 Å². The number of nitrogens with zero attached hydrogens (tertiary/aromatic N) is 6. The highest BCUT2D eigenvalue weighted by Crippen LogP contribution is 2.23. The summed E-state index contributed by atoms with van der Waals surface area (Å²) in [5.41, 5.74) is 4.16. The van der Waals surface area contributed by atoms with E-state index in [0.29, 0.717) is 34.7 Å². The average molecular weight is 455 g/mol. The van der Waals surface area contributed by atoms with E-state index >= 15 is 0 Å². The van der Waals surface area contributed by atoms with Crippen molar-refractivity contribution >= 4 is 28.4 Å². The van der Waals surface area contributed by atoms with Crippen LogP contribution in [0.2, 0.25) is 0 Å². The normalized spacial score (nSPS) is 14.3. The molecule has 0 radical (unpaired) electrons.